The zero-order chi connectivity index (χ0) is 18.0. The number of carbonyl (C=O) groups excluding carboxylic acids is 1. The number of para-hydroxylation sites is 1. The standard InChI is InChI=1S/C18H19N3O4/c1-18(2)12-20(11-17(22)19-13-6-4-3-5-7-13)15-10-14(21(23)24)8-9-16(15)25-18/h3-10H,11-12H2,1-2H3,(H,19,22). The molecule has 1 amide bonds. The summed E-state index contributed by atoms with van der Waals surface area (Å²) in [5, 5.41) is 13.9. The number of amides is 1. The smallest absolute Gasteiger partial charge is 0.271 e. The quantitative estimate of drug-likeness (QED) is 0.682. The van der Waals surface area contributed by atoms with Crippen LogP contribution in [0.1, 0.15) is 13.8 Å². The molecule has 1 aliphatic rings. The molecule has 2 aromatic rings. The lowest BCUT2D eigenvalue weighted by atomic mass is 10.0. The van der Waals surface area contributed by atoms with E-state index in [9.17, 15) is 14.9 Å². The molecule has 0 fully saturated rings. The number of ether oxygens (including phenoxy) is 1. The molecule has 2 aromatic carbocycles. The third-order valence-electron chi connectivity index (χ3n) is 3.84. The van der Waals surface area contributed by atoms with Gasteiger partial charge in [0.2, 0.25) is 5.91 Å². The zero-order valence-electron chi connectivity index (χ0n) is 14.1. The minimum Gasteiger partial charge on any atom is -0.484 e. The van der Waals surface area contributed by atoms with Gasteiger partial charge in [0.25, 0.3) is 5.69 Å². The van der Waals surface area contributed by atoms with Crippen molar-refractivity contribution in [3.8, 4) is 5.75 Å². The predicted octanol–water partition coefficient (Wildman–Crippen LogP) is 3.21. The highest BCUT2D eigenvalue weighted by atomic mass is 16.6. The van der Waals surface area contributed by atoms with Crippen LogP contribution in [0, 0.1) is 10.1 Å². The Kier molecular flexibility index (Phi) is 4.31. The Morgan fingerprint density at radius 3 is 2.68 bits per heavy atom. The zero-order valence-corrected chi connectivity index (χ0v) is 14.1. The van der Waals surface area contributed by atoms with Crippen molar-refractivity contribution in [3.05, 3.63) is 58.6 Å². The first-order valence-corrected chi connectivity index (χ1v) is 7.91. The van der Waals surface area contributed by atoms with E-state index in [2.05, 4.69) is 5.32 Å². The minimum absolute atomic E-state index is 0.0319. The Bertz CT molecular complexity index is 805. The van der Waals surface area contributed by atoms with Gasteiger partial charge >= 0.3 is 0 Å². The van der Waals surface area contributed by atoms with Gasteiger partial charge in [-0.25, -0.2) is 0 Å². The van der Waals surface area contributed by atoms with Crippen LogP contribution in [0.3, 0.4) is 0 Å². The number of nitrogens with one attached hydrogen (secondary N) is 1. The SMILES string of the molecule is CC1(C)CN(CC(=O)Nc2ccccc2)c2cc([N+](=O)[O-])ccc2O1. The molecule has 0 aromatic heterocycles. The van der Waals surface area contributed by atoms with E-state index in [1.807, 2.05) is 36.9 Å². The van der Waals surface area contributed by atoms with E-state index < -0.39 is 10.5 Å². The number of nitrogens with zero attached hydrogens (tertiary/aromatic N) is 2. The van der Waals surface area contributed by atoms with Crippen molar-refractivity contribution in [2.24, 2.45) is 0 Å². The molecule has 1 N–H and O–H groups in total. The molecule has 0 radical (unpaired) electrons. The summed E-state index contributed by atoms with van der Waals surface area (Å²) < 4.78 is 5.89. The van der Waals surface area contributed by atoms with E-state index in [0.717, 1.165) is 0 Å². The number of hydrogen-bond donors (Lipinski definition) is 1. The Morgan fingerprint density at radius 1 is 1.28 bits per heavy atom. The number of rotatable bonds is 4. The van der Waals surface area contributed by atoms with Gasteiger partial charge in [0, 0.05) is 17.8 Å². The molecule has 130 valence electrons. The molecule has 0 atom stereocenters. The molecule has 3 rings (SSSR count). The molecule has 0 saturated heterocycles. The van der Waals surface area contributed by atoms with Crippen LogP contribution in [0.4, 0.5) is 17.1 Å². The molecule has 0 unspecified atom stereocenters. The fraction of sp³-hybridized carbons (Fsp3) is 0.278. The van der Waals surface area contributed by atoms with Gasteiger partial charge in [-0.05, 0) is 32.0 Å². The van der Waals surface area contributed by atoms with Crippen LogP contribution in [-0.2, 0) is 4.79 Å². The van der Waals surface area contributed by atoms with Gasteiger partial charge in [-0.15, -0.1) is 0 Å². The number of carbonyl (C=O) groups is 1. The number of nitro groups is 1. The third kappa shape index (κ3) is 3.88. The average molecular weight is 341 g/mol. The van der Waals surface area contributed by atoms with E-state index in [1.54, 1.807) is 18.2 Å². The Labute approximate surface area is 145 Å². The van der Waals surface area contributed by atoms with Gasteiger partial charge in [-0.2, -0.15) is 0 Å². The molecular formula is C18H19N3O4. The number of fused-ring (bicyclic) bond motifs is 1. The summed E-state index contributed by atoms with van der Waals surface area (Å²) in [5.41, 5.74) is 0.724. The van der Waals surface area contributed by atoms with Crippen molar-refractivity contribution in [1.82, 2.24) is 0 Å². The molecule has 7 nitrogen and oxygen atoms in total. The number of non-ortho nitro benzene ring substituents is 1. The number of nitro benzene ring substituents is 1. The molecule has 0 spiro atoms. The van der Waals surface area contributed by atoms with Gasteiger partial charge in [0.1, 0.15) is 11.4 Å². The van der Waals surface area contributed by atoms with E-state index in [4.69, 9.17) is 4.74 Å². The summed E-state index contributed by atoms with van der Waals surface area (Å²) in [6.07, 6.45) is 0. The average Bonchev–Trinajstić information content (AvgIpc) is 2.54. The molecule has 7 heteroatoms. The maximum atomic E-state index is 12.4. The van der Waals surface area contributed by atoms with Crippen LogP contribution in [0.5, 0.6) is 5.75 Å². The lowest BCUT2D eigenvalue weighted by Crippen LogP contribution is -2.49. The van der Waals surface area contributed by atoms with Gasteiger partial charge in [-0.1, -0.05) is 18.2 Å². The second-order valence-corrected chi connectivity index (χ2v) is 6.54. The summed E-state index contributed by atoms with van der Waals surface area (Å²) in [5.74, 6) is 0.343. The maximum Gasteiger partial charge on any atom is 0.271 e. The monoisotopic (exact) mass is 341 g/mol. The van der Waals surface area contributed by atoms with Crippen molar-refractivity contribution in [1.29, 1.82) is 0 Å². The van der Waals surface area contributed by atoms with Gasteiger partial charge in [0.15, 0.2) is 0 Å². The van der Waals surface area contributed by atoms with Crippen LogP contribution in [-0.4, -0.2) is 29.5 Å². The first kappa shape index (κ1) is 16.8. The van der Waals surface area contributed by atoms with Crippen LogP contribution in [0.25, 0.3) is 0 Å². The van der Waals surface area contributed by atoms with Crippen molar-refractivity contribution >= 4 is 23.0 Å². The van der Waals surface area contributed by atoms with E-state index >= 15 is 0 Å². The second kappa shape index (κ2) is 6.43. The topological polar surface area (TPSA) is 84.7 Å². The lowest BCUT2D eigenvalue weighted by molar-refractivity contribution is -0.384. The lowest BCUT2D eigenvalue weighted by Gasteiger charge is -2.40. The van der Waals surface area contributed by atoms with Crippen molar-refractivity contribution in [2.45, 2.75) is 19.4 Å². The van der Waals surface area contributed by atoms with Crippen LogP contribution >= 0.6 is 0 Å². The number of benzene rings is 2. The molecular weight excluding hydrogens is 322 g/mol. The van der Waals surface area contributed by atoms with Crippen LogP contribution in [0.15, 0.2) is 48.5 Å². The Morgan fingerprint density at radius 2 is 2.00 bits per heavy atom. The van der Waals surface area contributed by atoms with Crippen molar-refractivity contribution in [2.75, 3.05) is 23.3 Å². The molecule has 1 heterocycles. The molecule has 0 bridgehead atoms. The molecule has 25 heavy (non-hydrogen) atoms. The fourth-order valence-corrected chi connectivity index (χ4v) is 2.86. The van der Waals surface area contributed by atoms with Crippen molar-refractivity contribution in [3.63, 3.8) is 0 Å². The highest BCUT2D eigenvalue weighted by Crippen LogP contribution is 2.39. The highest BCUT2D eigenvalue weighted by molar-refractivity contribution is 5.94. The molecule has 0 saturated carbocycles. The van der Waals surface area contributed by atoms with E-state index in [0.29, 0.717) is 23.7 Å². The van der Waals surface area contributed by atoms with E-state index in [-0.39, 0.29) is 18.1 Å². The van der Waals surface area contributed by atoms with E-state index in [1.165, 1.54) is 12.1 Å². The van der Waals surface area contributed by atoms with Gasteiger partial charge in [-0.3, -0.25) is 14.9 Å². The summed E-state index contributed by atoms with van der Waals surface area (Å²) in [6, 6.07) is 13.6. The first-order chi connectivity index (χ1) is 11.8. The largest absolute Gasteiger partial charge is 0.484 e. The fourth-order valence-electron chi connectivity index (χ4n) is 2.86. The number of anilines is 2. The Hall–Kier alpha value is -3.09. The normalized spacial score (nSPS) is 15.0. The summed E-state index contributed by atoms with van der Waals surface area (Å²) in [7, 11) is 0. The Balaban J connectivity index is 1.84. The summed E-state index contributed by atoms with van der Waals surface area (Å²) in [6.45, 7) is 4.36. The van der Waals surface area contributed by atoms with Gasteiger partial charge < -0.3 is 15.0 Å². The second-order valence-electron chi connectivity index (χ2n) is 6.54. The minimum atomic E-state index is -0.504. The third-order valence-corrected chi connectivity index (χ3v) is 3.84. The summed E-state index contributed by atoms with van der Waals surface area (Å²) in [4.78, 5) is 24.8. The highest BCUT2D eigenvalue weighted by Gasteiger charge is 2.33. The van der Waals surface area contributed by atoms with Crippen LogP contribution < -0.4 is 15.0 Å². The maximum absolute atomic E-state index is 12.4. The van der Waals surface area contributed by atoms with Crippen molar-refractivity contribution < 1.29 is 14.5 Å². The first-order valence-electron chi connectivity index (χ1n) is 7.91. The molecule has 1 aliphatic heterocycles. The van der Waals surface area contributed by atoms with Crippen LogP contribution in [0.2, 0.25) is 0 Å². The number of hydrogen-bond acceptors (Lipinski definition) is 5. The van der Waals surface area contributed by atoms with Gasteiger partial charge in [0.05, 0.1) is 23.7 Å². The summed E-state index contributed by atoms with van der Waals surface area (Å²) >= 11 is 0. The molecule has 0 aliphatic carbocycles. The predicted molar refractivity (Wildman–Crippen MR) is 95.1 cm³/mol.